The van der Waals surface area contributed by atoms with Gasteiger partial charge in [0.1, 0.15) is 0 Å². The number of fused-ring (bicyclic) bond motifs is 1. The Morgan fingerprint density at radius 1 is 0.976 bits per heavy atom. The maximum Gasteiger partial charge on any atom is 0.252 e. The molecule has 2 aromatic carbocycles. The Hall–Kier alpha value is -4.02. The van der Waals surface area contributed by atoms with Crippen LogP contribution in [0.5, 0.6) is 11.5 Å². The molecule has 0 atom stereocenters. The molecule has 1 aliphatic heterocycles. The summed E-state index contributed by atoms with van der Waals surface area (Å²) in [5, 5.41) is 3.46. The molecule has 1 aliphatic rings. The van der Waals surface area contributed by atoms with Crippen molar-refractivity contribution < 1.29 is 22.7 Å². The maximum absolute atomic E-state index is 13.6. The van der Waals surface area contributed by atoms with Gasteiger partial charge in [-0.05, 0) is 79.3 Å². The van der Waals surface area contributed by atoms with Crippen LogP contribution in [-0.4, -0.2) is 62.5 Å². The van der Waals surface area contributed by atoms with Crippen molar-refractivity contribution >= 4 is 26.8 Å². The van der Waals surface area contributed by atoms with Crippen molar-refractivity contribution in [2.45, 2.75) is 31.1 Å². The largest absolute Gasteiger partial charge is 0.493 e. The summed E-state index contributed by atoms with van der Waals surface area (Å²) in [4.78, 5) is 22.9. The number of hydrogen-bond acceptors (Lipinski definition) is 7. The van der Waals surface area contributed by atoms with Gasteiger partial charge in [0.2, 0.25) is 10.0 Å². The average molecular weight is 575 g/mol. The predicted molar refractivity (Wildman–Crippen MR) is 158 cm³/mol. The number of hydrogen-bond donors (Lipinski definition) is 1. The first-order valence-electron chi connectivity index (χ1n) is 13.7. The zero-order valence-corrected chi connectivity index (χ0v) is 24.3. The number of methoxy groups -OCH3 is 2. The molecule has 214 valence electrons. The fourth-order valence-electron chi connectivity index (χ4n) is 5.02. The van der Waals surface area contributed by atoms with E-state index in [4.69, 9.17) is 14.5 Å². The molecule has 2 aromatic heterocycles. The topological polar surface area (TPSA) is 111 Å². The van der Waals surface area contributed by atoms with Gasteiger partial charge in [-0.2, -0.15) is 4.31 Å². The Balaban J connectivity index is 1.46. The normalized spacial score (nSPS) is 14.6. The molecule has 3 heterocycles. The molecule has 4 aromatic rings. The van der Waals surface area contributed by atoms with Gasteiger partial charge in [-0.3, -0.25) is 9.78 Å². The summed E-state index contributed by atoms with van der Waals surface area (Å²) in [5.41, 5.74) is 2.98. The highest BCUT2D eigenvalue weighted by molar-refractivity contribution is 7.89. The van der Waals surface area contributed by atoms with Crippen molar-refractivity contribution in [2.75, 3.05) is 33.9 Å². The Labute approximate surface area is 240 Å². The molecule has 0 spiro atoms. The standard InChI is InChI=1S/C31H34N4O5S/c1-21-12-16-35(17-13-21)41(37,38)23-8-9-26-24(19-23)25(20-28(34-26)27-6-4-5-14-32-27)31(36)33-15-11-22-7-10-29(39-2)30(18-22)40-3/h4-10,14,18-21H,11-13,15-17H2,1-3H3,(H,33,36). The third-order valence-electron chi connectivity index (χ3n) is 7.48. The van der Waals surface area contributed by atoms with E-state index >= 15 is 0 Å². The summed E-state index contributed by atoms with van der Waals surface area (Å²) in [7, 11) is -0.544. The van der Waals surface area contributed by atoms with Crippen molar-refractivity contribution in [3.05, 3.63) is 78.0 Å². The SMILES string of the molecule is COc1ccc(CCNC(=O)c2cc(-c3ccccn3)nc3ccc(S(=O)(=O)N4CCC(C)CC4)cc23)cc1OC. The van der Waals surface area contributed by atoms with Gasteiger partial charge < -0.3 is 14.8 Å². The summed E-state index contributed by atoms with van der Waals surface area (Å²) >= 11 is 0. The molecular formula is C31H34N4O5S. The number of rotatable bonds is 9. The van der Waals surface area contributed by atoms with Crippen LogP contribution >= 0.6 is 0 Å². The van der Waals surface area contributed by atoms with E-state index in [2.05, 4.69) is 17.2 Å². The first kappa shape index (κ1) is 28.5. The number of amides is 1. The van der Waals surface area contributed by atoms with Crippen LogP contribution in [0, 0.1) is 5.92 Å². The number of pyridine rings is 2. The first-order chi connectivity index (χ1) is 19.8. The van der Waals surface area contributed by atoms with Gasteiger partial charge in [0.25, 0.3) is 5.91 Å². The Morgan fingerprint density at radius 2 is 1.76 bits per heavy atom. The van der Waals surface area contributed by atoms with E-state index in [1.807, 2.05) is 36.4 Å². The van der Waals surface area contributed by atoms with E-state index in [-0.39, 0.29) is 10.8 Å². The summed E-state index contributed by atoms with van der Waals surface area (Å²) in [6.45, 7) is 3.48. The molecule has 1 N–H and O–H groups in total. The molecule has 0 aliphatic carbocycles. The number of sulfonamides is 1. The molecule has 5 rings (SSSR count). The van der Waals surface area contributed by atoms with Crippen LogP contribution in [0.3, 0.4) is 0 Å². The quantitative estimate of drug-likeness (QED) is 0.308. The van der Waals surface area contributed by atoms with Crippen molar-refractivity contribution in [3.63, 3.8) is 0 Å². The fraction of sp³-hybridized carbons (Fsp3) is 0.323. The minimum Gasteiger partial charge on any atom is -0.493 e. The van der Waals surface area contributed by atoms with Crippen LogP contribution in [0.2, 0.25) is 0 Å². The zero-order valence-electron chi connectivity index (χ0n) is 23.5. The van der Waals surface area contributed by atoms with Gasteiger partial charge >= 0.3 is 0 Å². The van der Waals surface area contributed by atoms with Crippen LogP contribution < -0.4 is 14.8 Å². The number of ether oxygens (including phenoxy) is 2. The van der Waals surface area contributed by atoms with Crippen LogP contribution in [0.25, 0.3) is 22.3 Å². The van der Waals surface area contributed by atoms with Gasteiger partial charge in [0, 0.05) is 31.2 Å². The molecule has 1 amide bonds. The predicted octanol–water partition coefficient (Wildman–Crippen LogP) is 4.71. The molecule has 9 nitrogen and oxygen atoms in total. The monoisotopic (exact) mass is 574 g/mol. The van der Waals surface area contributed by atoms with E-state index in [0.29, 0.717) is 71.3 Å². The lowest BCUT2D eigenvalue weighted by Crippen LogP contribution is -2.37. The minimum absolute atomic E-state index is 0.159. The van der Waals surface area contributed by atoms with E-state index in [1.165, 1.54) is 4.31 Å². The van der Waals surface area contributed by atoms with Crippen LogP contribution in [0.1, 0.15) is 35.7 Å². The summed E-state index contributed by atoms with van der Waals surface area (Å²) in [5.74, 6) is 1.43. The summed E-state index contributed by atoms with van der Waals surface area (Å²) < 4.78 is 39.2. The van der Waals surface area contributed by atoms with E-state index in [1.54, 1.807) is 44.7 Å². The molecule has 1 saturated heterocycles. The third kappa shape index (κ3) is 6.18. The Bertz CT molecular complexity index is 1650. The van der Waals surface area contributed by atoms with Crippen LogP contribution in [0.4, 0.5) is 0 Å². The van der Waals surface area contributed by atoms with Gasteiger partial charge in [-0.1, -0.05) is 19.1 Å². The molecule has 0 radical (unpaired) electrons. The van der Waals surface area contributed by atoms with E-state index < -0.39 is 10.0 Å². The molecule has 0 saturated carbocycles. The maximum atomic E-state index is 13.6. The number of benzene rings is 2. The molecule has 1 fully saturated rings. The van der Waals surface area contributed by atoms with Crippen molar-refractivity contribution in [1.82, 2.24) is 19.6 Å². The van der Waals surface area contributed by atoms with E-state index in [9.17, 15) is 13.2 Å². The molecule has 41 heavy (non-hydrogen) atoms. The molecular weight excluding hydrogens is 540 g/mol. The number of nitrogens with zero attached hydrogens (tertiary/aromatic N) is 3. The van der Waals surface area contributed by atoms with Gasteiger partial charge in [0.05, 0.1) is 41.6 Å². The fourth-order valence-corrected chi connectivity index (χ4v) is 6.52. The summed E-state index contributed by atoms with van der Waals surface area (Å²) in [6, 6.07) is 17.6. The number of carbonyl (C=O) groups excluding carboxylic acids is 1. The second-order valence-electron chi connectivity index (χ2n) is 10.2. The lowest BCUT2D eigenvalue weighted by Gasteiger charge is -2.29. The average Bonchev–Trinajstić information content (AvgIpc) is 3.00. The Morgan fingerprint density at radius 3 is 2.46 bits per heavy atom. The molecule has 0 bridgehead atoms. The number of aromatic nitrogens is 2. The smallest absolute Gasteiger partial charge is 0.252 e. The molecule has 10 heteroatoms. The van der Waals surface area contributed by atoms with Gasteiger partial charge in [-0.15, -0.1) is 0 Å². The number of piperidine rings is 1. The van der Waals surface area contributed by atoms with Crippen molar-refractivity contribution in [3.8, 4) is 22.9 Å². The van der Waals surface area contributed by atoms with Gasteiger partial charge in [0.15, 0.2) is 11.5 Å². The highest BCUT2D eigenvalue weighted by Crippen LogP contribution is 2.30. The molecule has 0 unspecified atom stereocenters. The minimum atomic E-state index is -3.71. The summed E-state index contributed by atoms with van der Waals surface area (Å²) in [6.07, 6.45) is 3.89. The number of nitrogens with one attached hydrogen (secondary N) is 1. The second-order valence-corrected chi connectivity index (χ2v) is 12.2. The van der Waals surface area contributed by atoms with Crippen LogP contribution in [0.15, 0.2) is 71.8 Å². The zero-order chi connectivity index (χ0) is 29.0. The first-order valence-corrected chi connectivity index (χ1v) is 15.1. The van der Waals surface area contributed by atoms with Crippen molar-refractivity contribution in [1.29, 1.82) is 0 Å². The lowest BCUT2D eigenvalue weighted by atomic mass is 10.0. The highest BCUT2D eigenvalue weighted by Gasteiger charge is 2.29. The van der Waals surface area contributed by atoms with Gasteiger partial charge in [-0.25, -0.2) is 13.4 Å². The number of carbonyl (C=O) groups is 1. The van der Waals surface area contributed by atoms with E-state index in [0.717, 1.165) is 18.4 Å². The highest BCUT2D eigenvalue weighted by atomic mass is 32.2. The second kappa shape index (κ2) is 12.2. The Kier molecular flexibility index (Phi) is 8.51. The lowest BCUT2D eigenvalue weighted by molar-refractivity contribution is 0.0955. The van der Waals surface area contributed by atoms with Crippen molar-refractivity contribution in [2.24, 2.45) is 5.92 Å². The third-order valence-corrected chi connectivity index (χ3v) is 9.37. The van der Waals surface area contributed by atoms with Crippen LogP contribution in [-0.2, 0) is 16.4 Å².